The monoisotopic (exact) mass is 266 g/mol. The number of nitrogens with one attached hydrogen (secondary N) is 2. The molecule has 0 bridgehead atoms. The number of rotatable bonds is 3. The zero-order valence-corrected chi connectivity index (χ0v) is 11.4. The Kier molecular flexibility index (Phi) is 4.47. The SMILES string of the molecule is C[C@H](NC(=O)c1ccc[nH]c1=O)C(=O)OC(C)(C)C. The van der Waals surface area contributed by atoms with Crippen molar-refractivity contribution in [2.75, 3.05) is 0 Å². The molecule has 6 nitrogen and oxygen atoms in total. The van der Waals surface area contributed by atoms with Crippen molar-refractivity contribution in [3.8, 4) is 0 Å². The lowest BCUT2D eigenvalue weighted by Crippen LogP contribution is -2.43. The number of esters is 1. The van der Waals surface area contributed by atoms with E-state index >= 15 is 0 Å². The highest BCUT2D eigenvalue weighted by atomic mass is 16.6. The van der Waals surface area contributed by atoms with Crippen LogP contribution in [0.2, 0.25) is 0 Å². The molecule has 0 saturated carbocycles. The molecule has 2 N–H and O–H groups in total. The summed E-state index contributed by atoms with van der Waals surface area (Å²) >= 11 is 0. The Morgan fingerprint density at radius 1 is 1.37 bits per heavy atom. The average Bonchev–Trinajstić information content (AvgIpc) is 2.27. The lowest BCUT2D eigenvalue weighted by atomic mass is 10.2. The second kappa shape index (κ2) is 5.69. The minimum Gasteiger partial charge on any atom is -0.458 e. The van der Waals surface area contributed by atoms with Gasteiger partial charge in [-0.15, -0.1) is 0 Å². The predicted octanol–water partition coefficient (Wildman–Crippen LogP) is 0.835. The third-order valence-corrected chi connectivity index (χ3v) is 2.17. The van der Waals surface area contributed by atoms with Crippen LogP contribution in [0.15, 0.2) is 23.1 Å². The van der Waals surface area contributed by atoms with Crippen LogP contribution in [0, 0.1) is 0 Å². The number of H-pyrrole nitrogens is 1. The van der Waals surface area contributed by atoms with Crippen LogP contribution in [0.4, 0.5) is 0 Å². The van der Waals surface area contributed by atoms with Gasteiger partial charge in [-0.05, 0) is 39.8 Å². The van der Waals surface area contributed by atoms with E-state index < -0.39 is 29.1 Å². The summed E-state index contributed by atoms with van der Waals surface area (Å²) in [5.41, 5.74) is -1.17. The Labute approximate surface area is 111 Å². The Morgan fingerprint density at radius 3 is 2.53 bits per heavy atom. The van der Waals surface area contributed by atoms with E-state index in [9.17, 15) is 14.4 Å². The molecule has 19 heavy (non-hydrogen) atoms. The van der Waals surface area contributed by atoms with E-state index in [4.69, 9.17) is 4.74 Å². The summed E-state index contributed by atoms with van der Waals surface area (Å²) in [4.78, 5) is 37.3. The van der Waals surface area contributed by atoms with Gasteiger partial charge < -0.3 is 15.0 Å². The molecule has 1 aromatic rings. The van der Waals surface area contributed by atoms with Crippen molar-refractivity contribution in [3.05, 3.63) is 34.2 Å². The first-order chi connectivity index (χ1) is 8.70. The third kappa shape index (κ3) is 4.57. The van der Waals surface area contributed by atoms with Crippen LogP contribution in [0.3, 0.4) is 0 Å². The van der Waals surface area contributed by atoms with Crippen molar-refractivity contribution in [2.24, 2.45) is 0 Å². The van der Waals surface area contributed by atoms with Gasteiger partial charge in [-0.25, -0.2) is 4.79 Å². The molecule has 0 aliphatic rings. The van der Waals surface area contributed by atoms with Gasteiger partial charge in [0.05, 0.1) is 0 Å². The van der Waals surface area contributed by atoms with Crippen molar-refractivity contribution in [1.29, 1.82) is 0 Å². The number of ether oxygens (including phenoxy) is 1. The summed E-state index contributed by atoms with van der Waals surface area (Å²) in [6.45, 7) is 6.72. The Hall–Kier alpha value is -2.11. The number of hydrogen-bond acceptors (Lipinski definition) is 4. The molecule has 1 aromatic heterocycles. The normalized spacial score (nSPS) is 12.6. The molecular formula is C13H18N2O4. The molecule has 1 rings (SSSR count). The van der Waals surface area contributed by atoms with Crippen LogP contribution in [-0.4, -0.2) is 28.5 Å². The smallest absolute Gasteiger partial charge is 0.328 e. The first kappa shape index (κ1) is 14.9. The Bertz CT molecular complexity index is 528. The average molecular weight is 266 g/mol. The maximum absolute atomic E-state index is 11.8. The van der Waals surface area contributed by atoms with Crippen molar-refractivity contribution < 1.29 is 14.3 Å². The number of carbonyl (C=O) groups excluding carboxylic acids is 2. The van der Waals surface area contributed by atoms with Gasteiger partial charge in [-0.3, -0.25) is 9.59 Å². The van der Waals surface area contributed by atoms with Gasteiger partial charge in [-0.2, -0.15) is 0 Å². The fourth-order valence-electron chi connectivity index (χ4n) is 1.32. The van der Waals surface area contributed by atoms with Gasteiger partial charge in [0.25, 0.3) is 11.5 Å². The summed E-state index contributed by atoms with van der Waals surface area (Å²) in [6.07, 6.45) is 1.43. The molecule has 0 saturated heterocycles. The Morgan fingerprint density at radius 2 is 2.00 bits per heavy atom. The van der Waals surface area contributed by atoms with Crippen molar-refractivity contribution in [3.63, 3.8) is 0 Å². The van der Waals surface area contributed by atoms with Gasteiger partial charge in [-0.1, -0.05) is 0 Å². The van der Waals surface area contributed by atoms with E-state index in [2.05, 4.69) is 10.3 Å². The van der Waals surface area contributed by atoms with Crippen LogP contribution >= 0.6 is 0 Å². The molecule has 1 atom stereocenters. The number of hydrogen-bond donors (Lipinski definition) is 2. The van der Waals surface area contributed by atoms with E-state index in [0.29, 0.717) is 0 Å². The zero-order chi connectivity index (χ0) is 14.6. The first-order valence-corrected chi connectivity index (χ1v) is 5.92. The highest BCUT2D eigenvalue weighted by Crippen LogP contribution is 2.08. The number of aromatic amines is 1. The molecule has 0 radical (unpaired) electrons. The number of carbonyl (C=O) groups is 2. The summed E-state index contributed by atoms with van der Waals surface area (Å²) in [6, 6.07) is 2.09. The summed E-state index contributed by atoms with van der Waals surface area (Å²) in [5, 5.41) is 2.43. The molecule has 0 fully saturated rings. The molecule has 0 aromatic carbocycles. The minimum absolute atomic E-state index is 0.0436. The molecule has 0 aliphatic carbocycles. The summed E-state index contributed by atoms with van der Waals surface area (Å²) in [5.74, 6) is -1.16. The highest BCUT2D eigenvalue weighted by Gasteiger charge is 2.23. The van der Waals surface area contributed by atoms with E-state index in [0.717, 1.165) is 0 Å². The van der Waals surface area contributed by atoms with Crippen LogP contribution in [0.5, 0.6) is 0 Å². The lowest BCUT2D eigenvalue weighted by Gasteiger charge is -2.22. The van der Waals surface area contributed by atoms with E-state index in [1.54, 1.807) is 20.8 Å². The quantitative estimate of drug-likeness (QED) is 0.793. The molecule has 0 unspecified atom stereocenters. The summed E-state index contributed by atoms with van der Waals surface area (Å²) < 4.78 is 5.13. The number of amides is 1. The fraction of sp³-hybridized carbons (Fsp3) is 0.462. The third-order valence-electron chi connectivity index (χ3n) is 2.17. The van der Waals surface area contributed by atoms with E-state index in [-0.39, 0.29) is 5.56 Å². The molecule has 104 valence electrons. The van der Waals surface area contributed by atoms with E-state index in [1.807, 2.05) is 0 Å². The van der Waals surface area contributed by atoms with Gasteiger partial charge in [0, 0.05) is 6.20 Å². The molecule has 6 heteroatoms. The standard InChI is InChI=1S/C13H18N2O4/c1-8(12(18)19-13(2,3)4)15-11(17)9-6-5-7-14-10(9)16/h5-8H,1-4H3,(H,14,16)(H,15,17)/t8-/m0/s1. The maximum atomic E-state index is 11.8. The van der Waals surface area contributed by atoms with Crippen LogP contribution < -0.4 is 10.9 Å². The largest absolute Gasteiger partial charge is 0.458 e. The Balaban J connectivity index is 2.70. The minimum atomic E-state index is -0.827. The predicted molar refractivity (Wildman–Crippen MR) is 69.8 cm³/mol. The maximum Gasteiger partial charge on any atom is 0.328 e. The zero-order valence-electron chi connectivity index (χ0n) is 11.4. The number of aromatic nitrogens is 1. The molecular weight excluding hydrogens is 248 g/mol. The summed E-state index contributed by atoms with van der Waals surface area (Å²) in [7, 11) is 0. The highest BCUT2D eigenvalue weighted by molar-refractivity contribution is 5.96. The van der Waals surface area contributed by atoms with Crippen molar-refractivity contribution in [1.82, 2.24) is 10.3 Å². The van der Waals surface area contributed by atoms with Crippen molar-refractivity contribution in [2.45, 2.75) is 39.3 Å². The number of pyridine rings is 1. The van der Waals surface area contributed by atoms with Gasteiger partial charge in [0.2, 0.25) is 0 Å². The lowest BCUT2D eigenvalue weighted by molar-refractivity contribution is -0.156. The van der Waals surface area contributed by atoms with Crippen molar-refractivity contribution >= 4 is 11.9 Å². The van der Waals surface area contributed by atoms with Gasteiger partial charge in [0.1, 0.15) is 17.2 Å². The molecule has 1 amide bonds. The van der Waals surface area contributed by atoms with Crippen LogP contribution in [0.25, 0.3) is 0 Å². The molecule has 0 spiro atoms. The fourth-order valence-corrected chi connectivity index (χ4v) is 1.32. The topological polar surface area (TPSA) is 88.3 Å². The van der Waals surface area contributed by atoms with Gasteiger partial charge in [0.15, 0.2) is 0 Å². The first-order valence-electron chi connectivity index (χ1n) is 5.92. The van der Waals surface area contributed by atoms with Crippen LogP contribution in [-0.2, 0) is 9.53 Å². The molecule has 0 aliphatic heterocycles. The second-order valence-electron chi connectivity index (χ2n) is 5.14. The molecule has 1 heterocycles. The second-order valence-corrected chi connectivity index (χ2v) is 5.14. The van der Waals surface area contributed by atoms with Crippen LogP contribution in [0.1, 0.15) is 38.1 Å². The van der Waals surface area contributed by atoms with E-state index in [1.165, 1.54) is 25.3 Å². The van der Waals surface area contributed by atoms with Gasteiger partial charge >= 0.3 is 5.97 Å².